The van der Waals surface area contributed by atoms with E-state index in [9.17, 15) is 10.1 Å². The number of hydrogen-bond donors (Lipinski definition) is 1. The van der Waals surface area contributed by atoms with Crippen LogP contribution in [0.2, 0.25) is 0 Å². The largest absolute Gasteiger partial charge is 0.491 e. The fraction of sp³-hybridized carbons (Fsp3) is 0.455. The zero-order valence-corrected chi connectivity index (χ0v) is 10.1. The van der Waals surface area contributed by atoms with Crippen molar-refractivity contribution >= 4 is 11.4 Å². The first kappa shape index (κ1) is 14.2. The van der Waals surface area contributed by atoms with E-state index in [0.717, 1.165) is 0 Å². The summed E-state index contributed by atoms with van der Waals surface area (Å²) in [6.07, 6.45) is 0. The monoisotopic (exact) mass is 256 g/mol. The first-order chi connectivity index (χ1) is 8.63. The number of rotatable bonds is 8. The van der Waals surface area contributed by atoms with Gasteiger partial charge in [-0.1, -0.05) is 0 Å². The number of nitrogens with two attached hydrogens (primary N) is 1. The highest BCUT2D eigenvalue weighted by Crippen LogP contribution is 2.23. The summed E-state index contributed by atoms with van der Waals surface area (Å²) < 4.78 is 15.3. The van der Waals surface area contributed by atoms with E-state index in [2.05, 4.69) is 0 Å². The molecule has 18 heavy (non-hydrogen) atoms. The lowest BCUT2D eigenvalue weighted by Crippen LogP contribution is -2.10. The second-order valence-electron chi connectivity index (χ2n) is 3.47. The summed E-state index contributed by atoms with van der Waals surface area (Å²) in [4.78, 5) is 10.1. The molecule has 0 amide bonds. The summed E-state index contributed by atoms with van der Waals surface area (Å²) in [6.45, 7) is 1.68. The minimum atomic E-state index is -0.516. The molecule has 0 spiro atoms. The standard InChI is InChI=1S/C11H16N2O5/c1-16-2-3-17-4-5-18-11-7-9(12)6-10(8-11)13(14)15/h6-8H,2-5,12H2,1H3. The molecule has 1 aromatic rings. The number of methoxy groups -OCH3 is 1. The normalized spacial score (nSPS) is 10.3. The molecule has 0 unspecified atom stereocenters. The third-order valence-corrected chi connectivity index (χ3v) is 2.05. The Balaban J connectivity index is 2.40. The molecule has 1 aromatic carbocycles. The van der Waals surface area contributed by atoms with Crippen LogP contribution in [-0.2, 0) is 9.47 Å². The third-order valence-electron chi connectivity index (χ3n) is 2.05. The van der Waals surface area contributed by atoms with E-state index < -0.39 is 4.92 Å². The third kappa shape index (κ3) is 4.98. The maximum absolute atomic E-state index is 10.6. The molecule has 0 aliphatic carbocycles. The molecular formula is C11H16N2O5. The molecule has 2 N–H and O–H groups in total. The van der Waals surface area contributed by atoms with Gasteiger partial charge in [0.25, 0.3) is 5.69 Å². The van der Waals surface area contributed by atoms with Crippen molar-refractivity contribution in [2.75, 3.05) is 39.3 Å². The van der Waals surface area contributed by atoms with Gasteiger partial charge in [-0.15, -0.1) is 0 Å². The predicted molar refractivity (Wildman–Crippen MR) is 65.7 cm³/mol. The fourth-order valence-electron chi connectivity index (χ4n) is 1.26. The number of nitrogen functional groups attached to an aromatic ring is 1. The van der Waals surface area contributed by atoms with E-state index in [-0.39, 0.29) is 5.69 Å². The van der Waals surface area contributed by atoms with Crippen molar-refractivity contribution in [1.29, 1.82) is 0 Å². The van der Waals surface area contributed by atoms with Crippen LogP contribution in [0.25, 0.3) is 0 Å². The van der Waals surface area contributed by atoms with Gasteiger partial charge >= 0.3 is 0 Å². The van der Waals surface area contributed by atoms with Crippen molar-refractivity contribution < 1.29 is 19.1 Å². The van der Waals surface area contributed by atoms with Crippen LogP contribution in [0.1, 0.15) is 0 Å². The van der Waals surface area contributed by atoms with Crippen molar-refractivity contribution in [3.05, 3.63) is 28.3 Å². The molecular weight excluding hydrogens is 240 g/mol. The first-order valence-electron chi connectivity index (χ1n) is 5.38. The number of ether oxygens (including phenoxy) is 3. The van der Waals surface area contributed by atoms with Gasteiger partial charge in [0.15, 0.2) is 0 Å². The van der Waals surface area contributed by atoms with Gasteiger partial charge in [-0.25, -0.2) is 0 Å². The minimum absolute atomic E-state index is 0.0923. The van der Waals surface area contributed by atoms with Crippen LogP contribution in [0, 0.1) is 10.1 Å². The van der Waals surface area contributed by atoms with E-state index in [1.165, 1.54) is 18.2 Å². The smallest absolute Gasteiger partial charge is 0.275 e. The van der Waals surface area contributed by atoms with Crippen LogP contribution >= 0.6 is 0 Å². The summed E-state index contributed by atoms with van der Waals surface area (Å²) in [5.41, 5.74) is 5.73. The average molecular weight is 256 g/mol. The van der Waals surface area contributed by atoms with Gasteiger partial charge in [0, 0.05) is 24.9 Å². The van der Waals surface area contributed by atoms with E-state index in [1.54, 1.807) is 7.11 Å². The minimum Gasteiger partial charge on any atom is -0.491 e. The molecule has 0 heterocycles. The zero-order chi connectivity index (χ0) is 13.4. The first-order valence-corrected chi connectivity index (χ1v) is 5.38. The molecule has 0 fully saturated rings. The Morgan fingerprint density at radius 1 is 1.22 bits per heavy atom. The van der Waals surface area contributed by atoms with Crippen molar-refractivity contribution in [1.82, 2.24) is 0 Å². The number of nitro groups is 1. The number of benzene rings is 1. The summed E-state index contributed by atoms with van der Waals surface area (Å²) in [5.74, 6) is 0.358. The van der Waals surface area contributed by atoms with Crippen LogP contribution < -0.4 is 10.5 Å². The molecule has 0 saturated carbocycles. The molecule has 0 aliphatic heterocycles. The lowest BCUT2D eigenvalue weighted by atomic mass is 10.2. The Morgan fingerprint density at radius 2 is 1.94 bits per heavy atom. The topological polar surface area (TPSA) is 96.8 Å². The molecule has 0 aromatic heterocycles. The molecule has 0 radical (unpaired) electrons. The fourth-order valence-corrected chi connectivity index (χ4v) is 1.26. The van der Waals surface area contributed by atoms with E-state index in [1.807, 2.05) is 0 Å². The van der Waals surface area contributed by atoms with Crippen LogP contribution in [0.5, 0.6) is 5.75 Å². The van der Waals surface area contributed by atoms with Gasteiger partial charge in [-0.3, -0.25) is 10.1 Å². The van der Waals surface area contributed by atoms with Crippen molar-refractivity contribution in [3.63, 3.8) is 0 Å². The maximum atomic E-state index is 10.6. The molecule has 0 saturated heterocycles. The molecule has 7 nitrogen and oxygen atoms in total. The van der Waals surface area contributed by atoms with Crippen molar-refractivity contribution in [2.24, 2.45) is 0 Å². The van der Waals surface area contributed by atoms with Gasteiger partial charge in [-0.2, -0.15) is 0 Å². The van der Waals surface area contributed by atoms with Crippen LogP contribution in [0.4, 0.5) is 11.4 Å². The Morgan fingerprint density at radius 3 is 2.61 bits per heavy atom. The van der Waals surface area contributed by atoms with Crippen molar-refractivity contribution in [3.8, 4) is 5.75 Å². The van der Waals surface area contributed by atoms with Gasteiger partial charge in [0.05, 0.1) is 30.8 Å². The molecule has 100 valence electrons. The van der Waals surface area contributed by atoms with Gasteiger partial charge < -0.3 is 19.9 Å². The molecule has 0 atom stereocenters. The Hall–Kier alpha value is -1.86. The lowest BCUT2D eigenvalue weighted by Gasteiger charge is -2.07. The van der Waals surface area contributed by atoms with E-state index in [4.69, 9.17) is 19.9 Å². The molecule has 0 bridgehead atoms. The molecule has 0 aliphatic rings. The Bertz CT molecular complexity index is 397. The van der Waals surface area contributed by atoms with E-state index >= 15 is 0 Å². The predicted octanol–water partition coefficient (Wildman–Crippen LogP) is 1.22. The molecule has 7 heteroatoms. The summed E-state index contributed by atoms with van der Waals surface area (Å²) in [7, 11) is 1.59. The lowest BCUT2D eigenvalue weighted by molar-refractivity contribution is -0.384. The second kappa shape index (κ2) is 7.46. The number of hydrogen-bond acceptors (Lipinski definition) is 6. The number of non-ortho nitro benzene ring substituents is 1. The van der Waals surface area contributed by atoms with Gasteiger partial charge in [0.1, 0.15) is 12.4 Å². The van der Waals surface area contributed by atoms with Gasteiger partial charge in [0.2, 0.25) is 0 Å². The van der Waals surface area contributed by atoms with Crippen molar-refractivity contribution in [2.45, 2.75) is 0 Å². The quantitative estimate of drug-likeness (QED) is 0.325. The summed E-state index contributed by atoms with van der Waals surface area (Å²) in [6, 6.07) is 4.13. The molecule has 1 rings (SSSR count). The highest BCUT2D eigenvalue weighted by molar-refractivity contribution is 5.53. The zero-order valence-electron chi connectivity index (χ0n) is 10.1. The van der Waals surface area contributed by atoms with Gasteiger partial charge in [-0.05, 0) is 0 Å². The average Bonchev–Trinajstić information content (AvgIpc) is 2.33. The number of anilines is 1. The maximum Gasteiger partial charge on any atom is 0.275 e. The van der Waals surface area contributed by atoms with Crippen LogP contribution in [-0.4, -0.2) is 38.5 Å². The number of nitrogens with zero attached hydrogens (tertiary/aromatic N) is 1. The second-order valence-corrected chi connectivity index (χ2v) is 3.47. The van der Waals surface area contributed by atoms with E-state index in [0.29, 0.717) is 37.9 Å². The Labute approximate surface area is 105 Å². The summed E-state index contributed by atoms with van der Waals surface area (Å²) in [5, 5.41) is 10.6. The number of nitro benzene ring substituents is 1. The SMILES string of the molecule is COCCOCCOc1cc(N)cc([N+](=O)[O-])c1. The summed E-state index contributed by atoms with van der Waals surface area (Å²) >= 11 is 0. The van der Waals surface area contributed by atoms with Crippen LogP contribution in [0.15, 0.2) is 18.2 Å². The van der Waals surface area contributed by atoms with Crippen LogP contribution in [0.3, 0.4) is 0 Å². The Kier molecular flexibility index (Phi) is 5.89. The highest BCUT2D eigenvalue weighted by Gasteiger charge is 2.08. The highest BCUT2D eigenvalue weighted by atomic mass is 16.6.